The molecule has 2 heterocycles. The van der Waals surface area contributed by atoms with Gasteiger partial charge in [-0.25, -0.2) is 0 Å². The number of amides is 1. The van der Waals surface area contributed by atoms with Crippen molar-refractivity contribution >= 4 is 11.9 Å². The summed E-state index contributed by atoms with van der Waals surface area (Å²) in [6, 6.07) is 1.71. The lowest BCUT2D eigenvalue weighted by Gasteiger charge is -2.50. The molecule has 3 rings (SSSR count). The van der Waals surface area contributed by atoms with Crippen LogP contribution in [0.25, 0.3) is 0 Å². The molecule has 2 aliphatic rings. The molecule has 1 aliphatic carbocycles. The van der Waals surface area contributed by atoms with Crippen LogP contribution >= 0.6 is 0 Å². The Morgan fingerprint density at radius 1 is 1.38 bits per heavy atom. The number of aliphatic carboxylic acids is 1. The molecule has 2 N–H and O–H groups in total. The predicted molar refractivity (Wildman–Crippen MR) is 73.0 cm³/mol. The average molecular weight is 293 g/mol. The van der Waals surface area contributed by atoms with E-state index in [0.717, 1.165) is 12.0 Å². The van der Waals surface area contributed by atoms with E-state index >= 15 is 0 Å². The minimum absolute atomic E-state index is 0.00593. The first-order valence-corrected chi connectivity index (χ1v) is 7.20. The van der Waals surface area contributed by atoms with Gasteiger partial charge in [0.25, 0.3) is 5.91 Å². The molecule has 1 atom stereocenters. The van der Waals surface area contributed by atoms with Gasteiger partial charge in [-0.15, -0.1) is 0 Å². The molecule has 0 bridgehead atoms. The number of carbonyl (C=O) groups is 2. The quantitative estimate of drug-likeness (QED) is 0.886. The third-order valence-corrected chi connectivity index (χ3v) is 4.37. The van der Waals surface area contributed by atoms with Gasteiger partial charge >= 0.3 is 5.97 Å². The number of nitrogens with one attached hydrogen (secondary N) is 1. The smallest absolute Gasteiger partial charge is 0.306 e. The van der Waals surface area contributed by atoms with E-state index in [9.17, 15) is 9.59 Å². The molecule has 6 nitrogen and oxygen atoms in total. The zero-order valence-electron chi connectivity index (χ0n) is 11.9. The molecule has 0 radical (unpaired) electrons. The van der Waals surface area contributed by atoms with Gasteiger partial charge in [0.05, 0.1) is 17.8 Å². The summed E-state index contributed by atoms with van der Waals surface area (Å²) >= 11 is 0. The molecule has 1 aromatic heterocycles. The highest BCUT2D eigenvalue weighted by atomic mass is 16.5. The normalized spacial score (nSPS) is 31.7. The molecule has 6 heteroatoms. The second-order valence-electron chi connectivity index (χ2n) is 6.13. The molecule has 1 amide bonds. The second-order valence-corrected chi connectivity index (χ2v) is 6.13. The van der Waals surface area contributed by atoms with Gasteiger partial charge in [-0.3, -0.25) is 9.59 Å². The molecule has 1 spiro atoms. The number of furan rings is 1. The lowest BCUT2D eigenvalue weighted by Crippen LogP contribution is -2.56. The summed E-state index contributed by atoms with van der Waals surface area (Å²) in [5.74, 6) is -0.988. The maximum atomic E-state index is 12.1. The highest BCUT2D eigenvalue weighted by Crippen LogP contribution is 2.46. The number of carbonyl (C=O) groups excluding carboxylic acids is 1. The van der Waals surface area contributed by atoms with Gasteiger partial charge < -0.3 is 19.6 Å². The predicted octanol–water partition coefficient (Wildman–Crippen LogP) is 1.73. The third kappa shape index (κ3) is 2.81. The van der Waals surface area contributed by atoms with Crippen molar-refractivity contribution < 1.29 is 23.8 Å². The van der Waals surface area contributed by atoms with Gasteiger partial charge in [0.2, 0.25) is 0 Å². The summed E-state index contributed by atoms with van der Waals surface area (Å²) in [5, 5.41) is 11.9. The van der Waals surface area contributed by atoms with Crippen LogP contribution < -0.4 is 5.32 Å². The molecule has 1 saturated carbocycles. The van der Waals surface area contributed by atoms with Crippen molar-refractivity contribution in [2.75, 3.05) is 6.61 Å². The molecule has 1 aliphatic heterocycles. The summed E-state index contributed by atoms with van der Waals surface area (Å²) < 4.78 is 11.0. The number of ether oxygens (including phenoxy) is 1. The van der Waals surface area contributed by atoms with Gasteiger partial charge in [-0.05, 0) is 44.2 Å². The molecule has 2 fully saturated rings. The van der Waals surface area contributed by atoms with Crippen LogP contribution in [-0.2, 0) is 9.53 Å². The van der Waals surface area contributed by atoms with Gasteiger partial charge in [0, 0.05) is 12.6 Å². The van der Waals surface area contributed by atoms with Crippen LogP contribution in [0.3, 0.4) is 0 Å². The highest BCUT2D eigenvalue weighted by molar-refractivity contribution is 5.91. The number of aryl methyl sites for hydroxylation is 1. The Labute approximate surface area is 122 Å². The molecule has 1 aromatic rings. The number of hydrogen-bond acceptors (Lipinski definition) is 4. The van der Waals surface area contributed by atoms with Crippen LogP contribution in [0.15, 0.2) is 16.7 Å². The van der Waals surface area contributed by atoms with E-state index in [1.54, 1.807) is 12.3 Å². The summed E-state index contributed by atoms with van der Waals surface area (Å²) in [7, 11) is 0. The molecule has 21 heavy (non-hydrogen) atoms. The van der Waals surface area contributed by atoms with E-state index in [1.165, 1.54) is 0 Å². The van der Waals surface area contributed by atoms with Gasteiger partial charge in [-0.1, -0.05) is 0 Å². The molecular weight excluding hydrogens is 274 g/mol. The van der Waals surface area contributed by atoms with Crippen molar-refractivity contribution in [1.29, 1.82) is 0 Å². The molecule has 1 unspecified atom stereocenters. The van der Waals surface area contributed by atoms with Crippen LogP contribution in [0.1, 0.15) is 41.8 Å². The van der Waals surface area contributed by atoms with E-state index in [0.29, 0.717) is 31.6 Å². The zero-order chi connectivity index (χ0) is 15.0. The first kappa shape index (κ1) is 14.1. The maximum absolute atomic E-state index is 12.1. The standard InChI is InChI=1S/C15H19NO5/c1-9-4-12(20-8-9)13(17)16-11-2-3-21-15(7-11)5-10(6-15)14(18)19/h4,8,10-11H,2-3,5-7H2,1H3,(H,16,17)(H,18,19). The SMILES string of the molecule is Cc1coc(C(=O)NC2CCOC3(C2)CC(C(=O)O)C3)c1. The van der Waals surface area contributed by atoms with Crippen LogP contribution in [0.5, 0.6) is 0 Å². The number of hydrogen-bond donors (Lipinski definition) is 2. The van der Waals surface area contributed by atoms with Crippen molar-refractivity contribution in [3.05, 3.63) is 23.7 Å². The third-order valence-electron chi connectivity index (χ3n) is 4.37. The molecular formula is C15H19NO5. The number of carboxylic acid groups (broad SMARTS) is 1. The molecule has 1 saturated heterocycles. The zero-order valence-corrected chi connectivity index (χ0v) is 11.9. The lowest BCUT2D eigenvalue weighted by atomic mass is 9.66. The molecule has 114 valence electrons. The van der Waals surface area contributed by atoms with E-state index in [-0.39, 0.29) is 23.5 Å². The fourth-order valence-corrected chi connectivity index (χ4v) is 3.26. The Balaban J connectivity index is 1.57. The van der Waals surface area contributed by atoms with Crippen molar-refractivity contribution in [2.24, 2.45) is 5.92 Å². The van der Waals surface area contributed by atoms with Gasteiger partial charge in [0.1, 0.15) is 0 Å². The largest absolute Gasteiger partial charge is 0.481 e. The van der Waals surface area contributed by atoms with E-state index < -0.39 is 5.97 Å². The van der Waals surface area contributed by atoms with Crippen molar-refractivity contribution in [2.45, 2.75) is 44.2 Å². The van der Waals surface area contributed by atoms with Crippen molar-refractivity contribution in [3.8, 4) is 0 Å². The first-order valence-electron chi connectivity index (χ1n) is 7.20. The van der Waals surface area contributed by atoms with Crippen LogP contribution in [-0.4, -0.2) is 35.2 Å². The first-order chi connectivity index (χ1) is 9.97. The van der Waals surface area contributed by atoms with Crippen LogP contribution in [0, 0.1) is 12.8 Å². The Morgan fingerprint density at radius 3 is 2.76 bits per heavy atom. The Bertz CT molecular complexity index is 558. The Kier molecular flexibility index (Phi) is 3.49. The van der Waals surface area contributed by atoms with Crippen molar-refractivity contribution in [3.63, 3.8) is 0 Å². The minimum Gasteiger partial charge on any atom is -0.481 e. The minimum atomic E-state index is -0.763. The van der Waals surface area contributed by atoms with E-state index in [2.05, 4.69) is 5.32 Å². The fourth-order valence-electron chi connectivity index (χ4n) is 3.26. The van der Waals surface area contributed by atoms with Gasteiger partial charge in [-0.2, -0.15) is 0 Å². The summed E-state index contributed by atoms with van der Waals surface area (Å²) in [4.78, 5) is 23.0. The lowest BCUT2D eigenvalue weighted by molar-refractivity contribution is -0.181. The highest BCUT2D eigenvalue weighted by Gasteiger charge is 2.51. The summed E-state index contributed by atoms with van der Waals surface area (Å²) in [6.45, 7) is 2.42. The second kappa shape index (κ2) is 5.18. The summed E-state index contributed by atoms with van der Waals surface area (Å²) in [5.41, 5.74) is 0.546. The van der Waals surface area contributed by atoms with E-state index in [4.69, 9.17) is 14.3 Å². The van der Waals surface area contributed by atoms with Gasteiger partial charge in [0.15, 0.2) is 5.76 Å². The molecule has 0 aromatic carbocycles. The summed E-state index contributed by atoms with van der Waals surface area (Å²) in [6.07, 6.45) is 4.03. The van der Waals surface area contributed by atoms with Crippen LogP contribution in [0.4, 0.5) is 0 Å². The fraction of sp³-hybridized carbons (Fsp3) is 0.600. The van der Waals surface area contributed by atoms with Crippen LogP contribution in [0.2, 0.25) is 0 Å². The average Bonchev–Trinajstić information content (AvgIpc) is 2.82. The topological polar surface area (TPSA) is 88.8 Å². The monoisotopic (exact) mass is 293 g/mol. The number of rotatable bonds is 3. The Hall–Kier alpha value is -1.82. The number of carboxylic acids is 1. The van der Waals surface area contributed by atoms with E-state index in [1.807, 2.05) is 6.92 Å². The Morgan fingerprint density at radius 2 is 2.14 bits per heavy atom. The maximum Gasteiger partial charge on any atom is 0.306 e. The van der Waals surface area contributed by atoms with Crippen molar-refractivity contribution in [1.82, 2.24) is 5.32 Å².